The third kappa shape index (κ3) is 4.84. The van der Waals surface area contributed by atoms with Gasteiger partial charge in [-0.3, -0.25) is 0 Å². The Labute approximate surface area is 203 Å². The van der Waals surface area contributed by atoms with Gasteiger partial charge in [0.2, 0.25) is 0 Å². The fourth-order valence-electron chi connectivity index (χ4n) is 4.75. The summed E-state index contributed by atoms with van der Waals surface area (Å²) in [5.41, 5.74) is 2.47. The Morgan fingerprint density at radius 3 is 2.71 bits per heavy atom. The maximum absolute atomic E-state index is 14.2. The van der Waals surface area contributed by atoms with Gasteiger partial charge in [0.15, 0.2) is 0 Å². The Kier molecular flexibility index (Phi) is 6.38. The van der Waals surface area contributed by atoms with Crippen molar-refractivity contribution in [3.8, 4) is 5.75 Å². The molecule has 0 bridgehead atoms. The Balaban J connectivity index is 1.32. The summed E-state index contributed by atoms with van der Waals surface area (Å²) >= 11 is 0. The van der Waals surface area contributed by atoms with Crippen molar-refractivity contribution >= 4 is 28.1 Å². The van der Waals surface area contributed by atoms with Gasteiger partial charge in [0, 0.05) is 11.7 Å². The second-order valence-corrected chi connectivity index (χ2v) is 8.85. The Morgan fingerprint density at radius 1 is 1.09 bits per heavy atom. The molecule has 4 aromatic carbocycles. The van der Waals surface area contributed by atoms with E-state index in [-0.39, 0.29) is 17.7 Å². The van der Waals surface area contributed by atoms with Crippen molar-refractivity contribution in [3.63, 3.8) is 0 Å². The summed E-state index contributed by atoms with van der Waals surface area (Å²) in [4.78, 5) is 13.4. The SMILES string of the molecule is CC(NCCC1CN(c2cc(F)cc(C(=O)O)c2)c2ccccc2O1)c1cccc2ccccc12. The van der Waals surface area contributed by atoms with Crippen molar-refractivity contribution in [2.75, 3.05) is 18.0 Å². The molecule has 0 radical (unpaired) electrons. The fourth-order valence-corrected chi connectivity index (χ4v) is 4.75. The van der Waals surface area contributed by atoms with Crippen LogP contribution in [0.15, 0.2) is 84.9 Å². The second-order valence-electron chi connectivity index (χ2n) is 8.85. The van der Waals surface area contributed by atoms with Gasteiger partial charge in [-0.25, -0.2) is 9.18 Å². The molecule has 178 valence electrons. The van der Waals surface area contributed by atoms with E-state index in [0.29, 0.717) is 18.0 Å². The molecule has 5 rings (SSSR count). The van der Waals surface area contributed by atoms with Crippen molar-refractivity contribution in [2.45, 2.75) is 25.5 Å². The maximum atomic E-state index is 14.2. The molecule has 2 atom stereocenters. The van der Waals surface area contributed by atoms with E-state index in [1.54, 1.807) is 0 Å². The minimum Gasteiger partial charge on any atom is -0.486 e. The first-order valence-corrected chi connectivity index (χ1v) is 11.8. The van der Waals surface area contributed by atoms with Gasteiger partial charge >= 0.3 is 5.97 Å². The molecule has 2 N–H and O–H groups in total. The number of benzene rings is 4. The third-order valence-electron chi connectivity index (χ3n) is 6.48. The molecule has 35 heavy (non-hydrogen) atoms. The highest BCUT2D eigenvalue weighted by atomic mass is 19.1. The lowest BCUT2D eigenvalue weighted by atomic mass is 9.99. The first-order valence-electron chi connectivity index (χ1n) is 11.8. The largest absolute Gasteiger partial charge is 0.486 e. The zero-order valence-corrected chi connectivity index (χ0v) is 19.4. The Bertz CT molecular complexity index is 1370. The highest BCUT2D eigenvalue weighted by molar-refractivity contribution is 5.89. The van der Waals surface area contributed by atoms with Crippen LogP contribution in [-0.4, -0.2) is 30.3 Å². The van der Waals surface area contributed by atoms with Crippen LogP contribution in [-0.2, 0) is 0 Å². The van der Waals surface area contributed by atoms with E-state index < -0.39 is 11.8 Å². The van der Waals surface area contributed by atoms with E-state index in [4.69, 9.17) is 4.74 Å². The number of nitrogens with one attached hydrogen (secondary N) is 1. The fraction of sp³-hybridized carbons (Fsp3) is 0.207. The van der Waals surface area contributed by atoms with E-state index in [0.717, 1.165) is 24.7 Å². The predicted octanol–water partition coefficient (Wildman–Crippen LogP) is 6.32. The quantitative estimate of drug-likeness (QED) is 0.331. The Hall–Kier alpha value is -3.90. The highest BCUT2D eigenvalue weighted by Crippen LogP contribution is 2.39. The van der Waals surface area contributed by atoms with Gasteiger partial charge < -0.3 is 20.1 Å². The number of hydrogen-bond acceptors (Lipinski definition) is 4. The van der Waals surface area contributed by atoms with Crippen molar-refractivity contribution in [1.82, 2.24) is 5.32 Å². The molecule has 0 aromatic heterocycles. The van der Waals surface area contributed by atoms with Gasteiger partial charge in [0.05, 0.1) is 17.8 Å². The average molecular weight is 471 g/mol. The number of para-hydroxylation sites is 2. The molecule has 0 fully saturated rings. The monoisotopic (exact) mass is 470 g/mol. The number of carbonyl (C=O) groups is 1. The number of aromatic carboxylic acids is 1. The lowest BCUT2D eigenvalue weighted by Crippen LogP contribution is -2.39. The summed E-state index contributed by atoms with van der Waals surface area (Å²) in [6.07, 6.45) is 0.592. The van der Waals surface area contributed by atoms with Gasteiger partial charge in [-0.15, -0.1) is 0 Å². The first kappa shape index (κ1) is 22.9. The zero-order valence-electron chi connectivity index (χ0n) is 19.4. The van der Waals surface area contributed by atoms with Crippen LogP contribution < -0.4 is 15.0 Å². The standard InChI is InChI=1S/C29H27FN2O3/c1-19(25-10-6-8-20-7-2-3-9-26(20)25)31-14-13-24-18-32(27-11-4-5-12-28(27)35-24)23-16-21(29(33)34)15-22(30)17-23/h2-12,15-17,19,24,31H,13-14,18H2,1H3,(H,33,34). The molecule has 6 heteroatoms. The van der Waals surface area contributed by atoms with Crippen LogP contribution in [0.3, 0.4) is 0 Å². The summed E-state index contributed by atoms with van der Waals surface area (Å²) in [6, 6.07) is 26.4. The number of fused-ring (bicyclic) bond motifs is 2. The number of halogens is 1. The van der Waals surface area contributed by atoms with Gasteiger partial charge in [-0.2, -0.15) is 0 Å². The van der Waals surface area contributed by atoms with E-state index in [9.17, 15) is 14.3 Å². The minimum atomic E-state index is -1.16. The number of rotatable bonds is 7. The van der Waals surface area contributed by atoms with Crippen LogP contribution >= 0.6 is 0 Å². The van der Waals surface area contributed by atoms with Crippen molar-refractivity contribution in [3.05, 3.63) is 102 Å². The molecule has 0 saturated carbocycles. The molecule has 1 aliphatic heterocycles. The Morgan fingerprint density at radius 2 is 1.86 bits per heavy atom. The number of ether oxygens (including phenoxy) is 1. The molecule has 4 aromatic rings. The molecular formula is C29H27FN2O3. The lowest BCUT2D eigenvalue weighted by Gasteiger charge is -2.36. The van der Waals surface area contributed by atoms with Gasteiger partial charge in [0.1, 0.15) is 17.7 Å². The van der Waals surface area contributed by atoms with Crippen molar-refractivity contribution in [1.29, 1.82) is 0 Å². The number of nitrogens with zero attached hydrogens (tertiary/aromatic N) is 1. The smallest absolute Gasteiger partial charge is 0.335 e. The molecule has 1 heterocycles. The van der Waals surface area contributed by atoms with Crippen LogP contribution in [0.1, 0.15) is 35.3 Å². The van der Waals surface area contributed by atoms with Crippen molar-refractivity contribution in [2.24, 2.45) is 0 Å². The third-order valence-corrected chi connectivity index (χ3v) is 6.48. The minimum absolute atomic E-state index is 0.0777. The molecule has 0 amide bonds. The van der Waals surface area contributed by atoms with Gasteiger partial charge in [-0.1, -0.05) is 54.6 Å². The van der Waals surface area contributed by atoms with Gasteiger partial charge in [0.25, 0.3) is 0 Å². The van der Waals surface area contributed by atoms with E-state index in [1.807, 2.05) is 35.2 Å². The van der Waals surface area contributed by atoms with Crippen molar-refractivity contribution < 1.29 is 19.0 Å². The summed E-state index contributed by atoms with van der Waals surface area (Å²) in [7, 11) is 0. The normalized spacial score (nSPS) is 15.9. The first-order chi connectivity index (χ1) is 17.0. The summed E-state index contributed by atoms with van der Waals surface area (Å²) in [6.45, 7) is 3.38. The summed E-state index contributed by atoms with van der Waals surface area (Å²) < 4.78 is 20.5. The second kappa shape index (κ2) is 9.76. The zero-order chi connectivity index (χ0) is 24.4. The van der Waals surface area contributed by atoms with Crippen LogP contribution in [0.25, 0.3) is 10.8 Å². The van der Waals surface area contributed by atoms with E-state index in [1.165, 1.54) is 28.5 Å². The number of anilines is 2. The summed E-state index contributed by atoms with van der Waals surface area (Å²) in [5, 5.41) is 15.5. The number of carboxylic acids is 1. The van der Waals surface area contributed by atoms with E-state index in [2.05, 4.69) is 48.6 Å². The maximum Gasteiger partial charge on any atom is 0.335 e. The van der Waals surface area contributed by atoms with Crippen LogP contribution in [0.4, 0.5) is 15.8 Å². The predicted molar refractivity (Wildman–Crippen MR) is 136 cm³/mol. The molecule has 1 aliphatic rings. The molecule has 0 spiro atoms. The molecule has 0 saturated heterocycles. The molecule has 5 nitrogen and oxygen atoms in total. The number of hydrogen-bond donors (Lipinski definition) is 2. The molecule has 2 unspecified atom stereocenters. The number of carboxylic acid groups (broad SMARTS) is 1. The topological polar surface area (TPSA) is 61.8 Å². The highest BCUT2D eigenvalue weighted by Gasteiger charge is 2.27. The lowest BCUT2D eigenvalue weighted by molar-refractivity contribution is 0.0696. The molecule has 0 aliphatic carbocycles. The van der Waals surface area contributed by atoms with Crippen LogP contribution in [0.2, 0.25) is 0 Å². The van der Waals surface area contributed by atoms with Crippen LogP contribution in [0.5, 0.6) is 5.75 Å². The van der Waals surface area contributed by atoms with Crippen LogP contribution in [0, 0.1) is 5.82 Å². The molecular weight excluding hydrogens is 443 g/mol. The average Bonchev–Trinajstić information content (AvgIpc) is 2.87. The van der Waals surface area contributed by atoms with Gasteiger partial charge in [-0.05, 0) is 66.6 Å². The summed E-state index contributed by atoms with van der Waals surface area (Å²) in [5.74, 6) is -1.03. The van der Waals surface area contributed by atoms with E-state index >= 15 is 0 Å².